The first-order chi connectivity index (χ1) is 6.09. The van der Waals surface area contributed by atoms with Crippen LogP contribution < -0.4 is 0 Å². The van der Waals surface area contributed by atoms with Crippen molar-refractivity contribution >= 4 is 0 Å². The van der Waals surface area contributed by atoms with Gasteiger partial charge in [0, 0.05) is 11.9 Å². The number of pyridine rings is 1. The molecular weight excluding hydrogens is 158 g/mol. The summed E-state index contributed by atoms with van der Waals surface area (Å²) in [6, 6.07) is 4.28. The summed E-state index contributed by atoms with van der Waals surface area (Å²) < 4.78 is 0. The molecule has 1 nitrogen and oxygen atoms in total. The van der Waals surface area contributed by atoms with Gasteiger partial charge in [0.15, 0.2) is 0 Å². The molecule has 1 aromatic heterocycles. The summed E-state index contributed by atoms with van der Waals surface area (Å²) in [4.78, 5) is 4.47. The van der Waals surface area contributed by atoms with Crippen molar-refractivity contribution in [2.24, 2.45) is 5.92 Å². The molecule has 2 rings (SSSR count). The normalized spacial score (nSPS) is 25.3. The van der Waals surface area contributed by atoms with Gasteiger partial charge in [0.1, 0.15) is 0 Å². The molecule has 0 spiro atoms. The molecule has 1 unspecified atom stereocenters. The molecule has 1 heterocycles. The first-order valence-electron chi connectivity index (χ1n) is 5.04. The van der Waals surface area contributed by atoms with Crippen molar-refractivity contribution in [3.63, 3.8) is 0 Å². The van der Waals surface area contributed by atoms with Gasteiger partial charge >= 0.3 is 0 Å². The van der Waals surface area contributed by atoms with Crippen LogP contribution in [-0.2, 0) is 11.8 Å². The van der Waals surface area contributed by atoms with Crippen molar-refractivity contribution in [1.29, 1.82) is 0 Å². The van der Waals surface area contributed by atoms with Crippen molar-refractivity contribution in [2.45, 2.75) is 39.0 Å². The van der Waals surface area contributed by atoms with Crippen LogP contribution in [0.2, 0.25) is 0 Å². The average Bonchev–Trinajstić information content (AvgIpc) is 2.02. The monoisotopic (exact) mass is 175 g/mol. The van der Waals surface area contributed by atoms with E-state index in [0.717, 1.165) is 12.3 Å². The van der Waals surface area contributed by atoms with E-state index in [2.05, 4.69) is 37.9 Å². The Morgan fingerprint density at radius 1 is 1.46 bits per heavy atom. The first-order valence-corrected chi connectivity index (χ1v) is 5.04. The number of rotatable bonds is 0. The molecule has 0 fully saturated rings. The van der Waals surface area contributed by atoms with Crippen LogP contribution in [0.15, 0.2) is 18.3 Å². The van der Waals surface area contributed by atoms with E-state index in [0.29, 0.717) is 5.41 Å². The van der Waals surface area contributed by atoms with Crippen LogP contribution in [0.3, 0.4) is 0 Å². The molecule has 1 heteroatoms. The van der Waals surface area contributed by atoms with E-state index in [1.54, 1.807) is 0 Å². The molecule has 0 amide bonds. The van der Waals surface area contributed by atoms with Crippen LogP contribution in [-0.4, -0.2) is 4.98 Å². The minimum atomic E-state index is 0.321. The molecule has 1 aliphatic rings. The summed E-state index contributed by atoms with van der Waals surface area (Å²) in [5.74, 6) is 0.775. The number of nitrogens with zero attached hydrogens (tertiary/aromatic N) is 1. The van der Waals surface area contributed by atoms with E-state index in [1.807, 2.05) is 6.20 Å². The summed E-state index contributed by atoms with van der Waals surface area (Å²) >= 11 is 0. The Labute approximate surface area is 80.2 Å². The molecule has 13 heavy (non-hydrogen) atoms. The highest BCUT2D eigenvalue weighted by molar-refractivity contribution is 5.30. The fourth-order valence-electron chi connectivity index (χ4n) is 2.60. The van der Waals surface area contributed by atoms with E-state index in [1.165, 1.54) is 17.7 Å². The zero-order valence-corrected chi connectivity index (χ0v) is 8.67. The summed E-state index contributed by atoms with van der Waals surface area (Å²) in [7, 11) is 0. The van der Waals surface area contributed by atoms with E-state index in [4.69, 9.17) is 0 Å². The molecule has 1 atom stereocenters. The van der Waals surface area contributed by atoms with Gasteiger partial charge in [-0.15, -0.1) is 0 Å². The van der Waals surface area contributed by atoms with Crippen molar-refractivity contribution < 1.29 is 0 Å². The standard InChI is InChI=1S/C12H17N/c1-9-7-11-10(5-4-6-13-11)12(2,3)8-9/h4-6,9H,7-8H2,1-3H3. The lowest BCUT2D eigenvalue weighted by Gasteiger charge is -2.35. The Hall–Kier alpha value is -0.850. The van der Waals surface area contributed by atoms with Crippen LogP contribution >= 0.6 is 0 Å². The number of fused-ring (bicyclic) bond motifs is 1. The highest BCUT2D eigenvalue weighted by atomic mass is 14.7. The SMILES string of the molecule is CC1Cc2ncccc2C(C)(C)C1. The molecule has 0 aliphatic heterocycles. The Morgan fingerprint density at radius 2 is 2.23 bits per heavy atom. The maximum Gasteiger partial charge on any atom is 0.0443 e. The van der Waals surface area contributed by atoms with Gasteiger partial charge in [-0.3, -0.25) is 4.98 Å². The minimum Gasteiger partial charge on any atom is -0.261 e. The number of hydrogen-bond acceptors (Lipinski definition) is 1. The number of aromatic nitrogens is 1. The zero-order valence-electron chi connectivity index (χ0n) is 8.67. The summed E-state index contributed by atoms with van der Waals surface area (Å²) in [5.41, 5.74) is 3.08. The largest absolute Gasteiger partial charge is 0.261 e. The molecular formula is C12H17N. The third kappa shape index (κ3) is 1.48. The van der Waals surface area contributed by atoms with E-state index in [9.17, 15) is 0 Å². The zero-order chi connectivity index (χ0) is 9.47. The first kappa shape index (κ1) is 8.74. The molecule has 1 aromatic rings. The second kappa shape index (κ2) is 2.83. The molecule has 0 saturated carbocycles. The molecule has 0 N–H and O–H groups in total. The smallest absolute Gasteiger partial charge is 0.0443 e. The molecule has 0 radical (unpaired) electrons. The topological polar surface area (TPSA) is 12.9 Å². The van der Waals surface area contributed by atoms with Crippen molar-refractivity contribution in [3.05, 3.63) is 29.6 Å². The quantitative estimate of drug-likeness (QED) is 0.590. The van der Waals surface area contributed by atoms with Gasteiger partial charge in [-0.1, -0.05) is 26.8 Å². The Kier molecular flexibility index (Phi) is 1.90. The summed E-state index contributed by atoms with van der Waals surface area (Å²) in [5, 5.41) is 0. The van der Waals surface area contributed by atoms with Gasteiger partial charge in [-0.2, -0.15) is 0 Å². The van der Waals surface area contributed by atoms with Gasteiger partial charge in [0.2, 0.25) is 0 Å². The van der Waals surface area contributed by atoms with Crippen molar-refractivity contribution in [3.8, 4) is 0 Å². The number of hydrogen-bond donors (Lipinski definition) is 0. The van der Waals surface area contributed by atoms with Gasteiger partial charge < -0.3 is 0 Å². The summed E-state index contributed by atoms with van der Waals surface area (Å²) in [6.45, 7) is 6.96. The molecule has 1 aliphatic carbocycles. The van der Waals surface area contributed by atoms with Gasteiger partial charge in [0.25, 0.3) is 0 Å². The fourth-order valence-corrected chi connectivity index (χ4v) is 2.60. The van der Waals surface area contributed by atoms with Crippen LogP contribution in [0.1, 0.15) is 38.4 Å². The maximum atomic E-state index is 4.47. The van der Waals surface area contributed by atoms with Gasteiger partial charge in [-0.05, 0) is 35.8 Å². The third-order valence-corrected chi connectivity index (χ3v) is 3.02. The summed E-state index contributed by atoms with van der Waals surface area (Å²) in [6.07, 6.45) is 4.35. The highest BCUT2D eigenvalue weighted by Gasteiger charge is 2.31. The molecule has 70 valence electrons. The third-order valence-electron chi connectivity index (χ3n) is 3.02. The highest BCUT2D eigenvalue weighted by Crippen LogP contribution is 2.37. The Morgan fingerprint density at radius 3 is 3.00 bits per heavy atom. The van der Waals surface area contributed by atoms with Crippen LogP contribution in [0, 0.1) is 5.92 Å². The van der Waals surface area contributed by atoms with Crippen LogP contribution in [0.4, 0.5) is 0 Å². The average molecular weight is 175 g/mol. The maximum absolute atomic E-state index is 4.47. The predicted molar refractivity (Wildman–Crippen MR) is 54.7 cm³/mol. The Bertz CT molecular complexity index is 315. The van der Waals surface area contributed by atoms with Gasteiger partial charge in [0.05, 0.1) is 0 Å². The second-order valence-electron chi connectivity index (χ2n) is 4.89. The van der Waals surface area contributed by atoms with Crippen LogP contribution in [0.5, 0.6) is 0 Å². The van der Waals surface area contributed by atoms with Crippen LogP contribution in [0.25, 0.3) is 0 Å². The van der Waals surface area contributed by atoms with Gasteiger partial charge in [-0.25, -0.2) is 0 Å². The predicted octanol–water partition coefficient (Wildman–Crippen LogP) is 2.94. The lowest BCUT2D eigenvalue weighted by Crippen LogP contribution is -2.29. The second-order valence-corrected chi connectivity index (χ2v) is 4.89. The van der Waals surface area contributed by atoms with E-state index >= 15 is 0 Å². The lowest BCUT2D eigenvalue weighted by atomic mass is 9.71. The fraction of sp³-hybridized carbons (Fsp3) is 0.583. The van der Waals surface area contributed by atoms with Crippen molar-refractivity contribution in [1.82, 2.24) is 4.98 Å². The molecule has 0 bridgehead atoms. The van der Waals surface area contributed by atoms with Crippen molar-refractivity contribution in [2.75, 3.05) is 0 Å². The lowest BCUT2D eigenvalue weighted by molar-refractivity contribution is 0.343. The molecule has 0 saturated heterocycles. The van der Waals surface area contributed by atoms with E-state index < -0.39 is 0 Å². The minimum absolute atomic E-state index is 0.321. The molecule has 0 aromatic carbocycles. The van der Waals surface area contributed by atoms with E-state index in [-0.39, 0.29) is 0 Å². The Balaban J connectivity index is 2.50.